The van der Waals surface area contributed by atoms with E-state index in [9.17, 15) is 4.79 Å². The fraction of sp³-hybridized carbons (Fsp3) is 0.296. The van der Waals surface area contributed by atoms with Gasteiger partial charge in [-0.3, -0.25) is 4.79 Å². The summed E-state index contributed by atoms with van der Waals surface area (Å²) in [5.41, 5.74) is 3.57. The number of nitrogens with zero attached hydrogens (tertiary/aromatic N) is 4. The van der Waals surface area contributed by atoms with E-state index in [-0.39, 0.29) is 5.91 Å². The molecule has 1 amide bonds. The van der Waals surface area contributed by atoms with Crippen LogP contribution >= 0.6 is 11.8 Å². The summed E-state index contributed by atoms with van der Waals surface area (Å²) < 4.78 is 7.56. The largest absolute Gasteiger partial charge is 0.494 e. The number of hydrogen-bond donors (Lipinski definition) is 0. The Labute approximate surface area is 204 Å². The van der Waals surface area contributed by atoms with E-state index in [2.05, 4.69) is 16.8 Å². The Balaban J connectivity index is 1.50. The molecule has 1 unspecified atom stereocenters. The van der Waals surface area contributed by atoms with Gasteiger partial charge in [-0.05, 0) is 67.8 Å². The summed E-state index contributed by atoms with van der Waals surface area (Å²) in [6.45, 7) is 6.73. The maximum Gasteiger partial charge on any atom is 0.286 e. The molecule has 2 aromatic carbocycles. The number of likely N-dealkylation sites (tertiary alicyclic amines) is 1. The molecule has 0 bridgehead atoms. The SMILES string of the molecule is CCOc1cccc(-c2nn(-c3ccccc3)cc2C=C2SC(N3CCCC(C)C3)=NC2=O)c1. The third-order valence-corrected chi connectivity index (χ3v) is 7.05. The maximum absolute atomic E-state index is 12.8. The number of thioether (sulfide) groups is 1. The molecule has 7 heteroatoms. The van der Waals surface area contributed by atoms with Crippen LogP contribution in [-0.4, -0.2) is 45.5 Å². The summed E-state index contributed by atoms with van der Waals surface area (Å²) in [4.78, 5) is 20.1. The van der Waals surface area contributed by atoms with Gasteiger partial charge in [-0.1, -0.05) is 37.3 Å². The standard InChI is InChI=1S/C27H28N4O2S/c1-3-33-23-13-7-10-20(15-23)25-21(18-31(29-25)22-11-5-4-6-12-22)16-24-26(32)28-27(34-24)30-14-8-9-19(2)17-30/h4-7,10-13,15-16,18-19H,3,8-9,14,17H2,1-2H3. The molecule has 0 spiro atoms. The van der Waals surface area contributed by atoms with Gasteiger partial charge in [0.2, 0.25) is 0 Å². The first kappa shape index (κ1) is 22.5. The van der Waals surface area contributed by atoms with Gasteiger partial charge in [-0.15, -0.1) is 0 Å². The van der Waals surface area contributed by atoms with Crippen LogP contribution in [0.3, 0.4) is 0 Å². The number of aromatic nitrogens is 2. The summed E-state index contributed by atoms with van der Waals surface area (Å²) >= 11 is 1.47. The van der Waals surface area contributed by atoms with Crippen molar-refractivity contribution in [1.29, 1.82) is 0 Å². The van der Waals surface area contributed by atoms with Crippen molar-refractivity contribution in [2.45, 2.75) is 26.7 Å². The topological polar surface area (TPSA) is 59.7 Å². The number of ether oxygens (including phenoxy) is 1. The molecule has 34 heavy (non-hydrogen) atoms. The molecule has 0 aliphatic carbocycles. The van der Waals surface area contributed by atoms with E-state index in [4.69, 9.17) is 9.84 Å². The molecule has 0 saturated carbocycles. The van der Waals surface area contributed by atoms with Crippen molar-refractivity contribution >= 4 is 28.9 Å². The zero-order chi connectivity index (χ0) is 23.5. The molecular weight excluding hydrogens is 444 g/mol. The number of aliphatic imine (C=N–C) groups is 1. The first-order valence-corrected chi connectivity index (χ1v) is 12.6. The highest BCUT2D eigenvalue weighted by molar-refractivity contribution is 8.18. The summed E-state index contributed by atoms with van der Waals surface area (Å²) in [5.74, 6) is 1.23. The summed E-state index contributed by atoms with van der Waals surface area (Å²) in [6, 6.07) is 17.9. The van der Waals surface area contributed by atoms with E-state index in [1.54, 1.807) is 0 Å². The van der Waals surface area contributed by atoms with Crippen molar-refractivity contribution in [3.8, 4) is 22.7 Å². The fourth-order valence-electron chi connectivity index (χ4n) is 4.37. The van der Waals surface area contributed by atoms with Crippen molar-refractivity contribution < 1.29 is 9.53 Å². The highest BCUT2D eigenvalue weighted by Crippen LogP contribution is 2.35. The Hall–Kier alpha value is -3.32. The van der Waals surface area contributed by atoms with Gasteiger partial charge in [0, 0.05) is 30.4 Å². The number of piperidine rings is 1. The first-order chi connectivity index (χ1) is 16.6. The molecule has 2 aliphatic rings. The molecule has 5 rings (SSSR count). The Morgan fingerprint density at radius 1 is 1.18 bits per heavy atom. The molecule has 0 N–H and O–H groups in total. The Morgan fingerprint density at radius 3 is 2.82 bits per heavy atom. The number of amidine groups is 1. The Morgan fingerprint density at radius 2 is 2.03 bits per heavy atom. The molecule has 3 aromatic rings. The molecule has 0 radical (unpaired) electrons. The van der Waals surface area contributed by atoms with E-state index < -0.39 is 0 Å². The average Bonchev–Trinajstić information content (AvgIpc) is 3.44. The number of carbonyl (C=O) groups is 1. The van der Waals surface area contributed by atoms with E-state index in [0.717, 1.165) is 52.9 Å². The Bertz CT molecular complexity index is 1250. The minimum atomic E-state index is -0.181. The molecule has 1 atom stereocenters. The van der Waals surface area contributed by atoms with Crippen LogP contribution in [0.25, 0.3) is 23.0 Å². The van der Waals surface area contributed by atoms with Crippen LogP contribution < -0.4 is 4.74 Å². The first-order valence-electron chi connectivity index (χ1n) is 11.8. The second-order valence-corrected chi connectivity index (χ2v) is 9.69. The second-order valence-electron chi connectivity index (χ2n) is 8.68. The lowest BCUT2D eigenvalue weighted by molar-refractivity contribution is -0.113. The maximum atomic E-state index is 12.8. The fourth-order valence-corrected chi connectivity index (χ4v) is 5.31. The number of rotatable bonds is 5. The van der Waals surface area contributed by atoms with Crippen molar-refractivity contribution in [2.75, 3.05) is 19.7 Å². The van der Waals surface area contributed by atoms with Gasteiger partial charge >= 0.3 is 0 Å². The summed E-state index contributed by atoms with van der Waals surface area (Å²) in [6.07, 6.45) is 6.26. The van der Waals surface area contributed by atoms with E-state index >= 15 is 0 Å². The lowest BCUT2D eigenvalue weighted by atomic mass is 10.0. The van der Waals surface area contributed by atoms with E-state index in [1.165, 1.54) is 18.2 Å². The van der Waals surface area contributed by atoms with Crippen molar-refractivity contribution in [1.82, 2.24) is 14.7 Å². The molecule has 2 aliphatic heterocycles. The van der Waals surface area contributed by atoms with Crippen LogP contribution in [0.15, 0.2) is 70.7 Å². The normalized spacial score (nSPS) is 19.5. The molecule has 1 aromatic heterocycles. The van der Waals surface area contributed by atoms with Crippen LogP contribution in [0.2, 0.25) is 0 Å². The van der Waals surface area contributed by atoms with Crippen LogP contribution in [0.5, 0.6) is 5.75 Å². The van der Waals surface area contributed by atoms with Crippen molar-refractivity contribution in [2.24, 2.45) is 10.9 Å². The van der Waals surface area contributed by atoms with E-state index in [1.807, 2.05) is 78.5 Å². The third-order valence-electron chi connectivity index (χ3n) is 6.01. The van der Waals surface area contributed by atoms with Gasteiger partial charge in [0.1, 0.15) is 11.4 Å². The Kier molecular flexibility index (Phi) is 6.54. The predicted octanol–water partition coefficient (Wildman–Crippen LogP) is 5.64. The van der Waals surface area contributed by atoms with Gasteiger partial charge in [0.05, 0.1) is 17.2 Å². The molecule has 3 heterocycles. The monoisotopic (exact) mass is 472 g/mol. The average molecular weight is 473 g/mol. The lowest BCUT2D eigenvalue weighted by Crippen LogP contribution is -2.37. The zero-order valence-electron chi connectivity index (χ0n) is 19.5. The summed E-state index contributed by atoms with van der Waals surface area (Å²) in [7, 11) is 0. The van der Waals surface area contributed by atoms with Crippen LogP contribution in [0.1, 0.15) is 32.3 Å². The number of carbonyl (C=O) groups excluding carboxylic acids is 1. The number of para-hydroxylation sites is 1. The molecule has 1 fully saturated rings. The predicted molar refractivity (Wildman–Crippen MR) is 138 cm³/mol. The van der Waals surface area contributed by atoms with E-state index in [0.29, 0.717) is 17.4 Å². The number of amides is 1. The smallest absolute Gasteiger partial charge is 0.286 e. The highest BCUT2D eigenvalue weighted by atomic mass is 32.2. The minimum absolute atomic E-state index is 0.181. The van der Waals surface area contributed by atoms with Crippen LogP contribution in [0, 0.1) is 5.92 Å². The van der Waals surface area contributed by atoms with Gasteiger partial charge in [-0.25, -0.2) is 4.68 Å². The quantitative estimate of drug-likeness (QED) is 0.450. The van der Waals surface area contributed by atoms with Gasteiger partial charge in [0.15, 0.2) is 5.17 Å². The van der Waals surface area contributed by atoms with Crippen molar-refractivity contribution in [3.63, 3.8) is 0 Å². The van der Waals surface area contributed by atoms with Gasteiger partial charge in [-0.2, -0.15) is 10.1 Å². The van der Waals surface area contributed by atoms with Crippen LogP contribution in [-0.2, 0) is 4.79 Å². The molecule has 1 saturated heterocycles. The van der Waals surface area contributed by atoms with Gasteiger partial charge < -0.3 is 9.64 Å². The van der Waals surface area contributed by atoms with Gasteiger partial charge in [0.25, 0.3) is 5.91 Å². The minimum Gasteiger partial charge on any atom is -0.494 e. The summed E-state index contributed by atoms with van der Waals surface area (Å²) in [5, 5.41) is 5.70. The molecule has 6 nitrogen and oxygen atoms in total. The third kappa shape index (κ3) is 4.80. The van der Waals surface area contributed by atoms with Crippen LogP contribution in [0.4, 0.5) is 0 Å². The van der Waals surface area contributed by atoms with Crippen molar-refractivity contribution in [3.05, 3.63) is 71.3 Å². The lowest BCUT2D eigenvalue weighted by Gasteiger charge is -2.31. The number of benzene rings is 2. The zero-order valence-corrected chi connectivity index (χ0v) is 20.3. The molecule has 174 valence electrons. The second kappa shape index (κ2) is 9.89. The number of hydrogen-bond acceptors (Lipinski definition) is 5. The molecular formula is C27H28N4O2S. The highest BCUT2D eigenvalue weighted by Gasteiger charge is 2.29.